The molecule has 0 saturated heterocycles. The van der Waals surface area contributed by atoms with Gasteiger partial charge >= 0.3 is 16.1 Å². The quantitative estimate of drug-likeness (QED) is 0.598. The van der Waals surface area contributed by atoms with Crippen molar-refractivity contribution in [1.29, 1.82) is 0 Å². The van der Waals surface area contributed by atoms with Crippen LogP contribution in [-0.4, -0.2) is 38.0 Å². The van der Waals surface area contributed by atoms with Crippen LogP contribution in [0.25, 0.3) is 0 Å². The molecule has 0 fully saturated rings. The van der Waals surface area contributed by atoms with Crippen molar-refractivity contribution in [1.82, 2.24) is 10.2 Å². The summed E-state index contributed by atoms with van der Waals surface area (Å²) < 4.78 is 35.6. The Morgan fingerprint density at radius 3 is 2.29 bits per heavy atom. The first-order chi connectivity index (χ1) is 14.4. The second-order valence-electron chi connectivity index (χ2n) is 8.43. The number of amides is 2. The van der Waals surface area contributed by atoms with E-state index in [1.807, 2.05) is 40.7 Å². The molecule has 1 N–H and O–H groups in total. The fourth-order valence-corrected chi connectivity index (χ4v) is 3.77. The fourth-order valence-electron chi connectivity index (χ4n) is 2.85. The molecule has 2 aromatic rings. The van der Waals surface area contributed by atoms with Crippen LogP contribution in [0.3, 0.4) is 0 Å². The van der Waals surface area contributed by atoms with E-state index in [-0.39, 0.29) is 28.3 Å². The summed E-state index contributed by atoms with van der Waals surface area (Å²) in [6.45, 7) is 10.1. The number of hydrogen-bond donors (Lipinski definition) is 1. The number of carbonyl (C=O) groups excluding carboxylic acids is 1. The minimum Gasteiger partial charge on any atom is -0.497 e. The molecule has 0 aliphatic heterocycles. The maximum absolute atomic E-state index is 12.8. The predicted molar refractivity (Wildman–Crippen MR) is 121 cm³/mol. The molecule has 2 amide bonds. The molecule has 8 heteroatoms. The van der Waals surface area contributed by atoms with Crippen LogP contribution in [0.2, 0.25) is 0 Å². The Bertz CT molecular complexity index is 982. The third-order valence-electron chi connectivity index (χ3n) is 4.67. The molecule has 0 aromatic heterocycles. The SMILES string of the molecule is CCC(C)N(Cc1cccc(OS(=O)(=O)c2ccc(OC)cc2)c1)C(=O)NC(C)(C)C. The Morgan fingerprint density at radius 1 is 1.10 bits per heavy atom. The molecule has 31 heavy (non-hydrogen) atoms. The summed E-state index contributed by atoms with van der Waals surface area (Å²) in [5.41, 5.74) is 0.409. The summed E-state index contributed by atoms with van der Waals surface area (Å²) in [4.78, 5) is 14.6. The van der Waals surface area contributed by atoms with Gasteiger partial charge in [-0.25, -0.2) is 4.79 Å². The minimum absolute atomic E-state index is 0.00922. The third-order valence-corrected chi connectivity index (χ3v) is 5.93. The normalized spacial score (nSPS) is 12.7. The molecule has 0 radical (unpaired) electrons. The summed E-state index contributed by atoms with van der Waals surface area (Å²) in [6, 6.07) is 12.6. The molecular formula is C23H32N2O5S. The van der Waals surface area contributed by atoms with Crippen LogP contribution in [0, 0.1) is 0 Å². The van der Waals surface area contributed by atoms with Gasteiger partial charge in [-0.15, -0.1) is 0 Å². The highest BCUT2D eigenvalue weighted by Crippen LogP contribution is 2.23. The largest absolute Gasteiger partial charge is 0.497 e. The smallest absolute Gasteiger partial charge is 0.339 e. The van der Waals surface area contributed by atoms with Gasteiger partial charge in [0, 0.05) is 18.1 Å². The van der Waals surface area contributed by atoms with Crippen molar-refractivity contribution in [2.75, 3.05) is 7.11 Å². The Hall–Kier alpha value is -2.74. The first-order valence-electron chi connectivity index (χ1n) is 10.2. The highest BCUT2D eigenvalue weighted by molar-refractivity contribution is 7.87. The third kappa shape index (κ3) is 7.17. The van der Waals surface area contributed by atoms with Crippen LogP contribution in [0.1, 0.15) is 46.6 Å². The lowest BCUT2D eigenvalue weighted by atomic mass is 10.1. The lowest BCUT2D eigenvalue weighted by Gasteiger charge is -2.32. The molecule has 170 valence electrons. The number of rotatable bonds is 8. The molecule has 0 aliphatic carbocycles. The highest BCUT2D eigenvalue weighted by Gasteiger charge is 2.24. The van der Waals surface area contributed by atoms with E-state index in [9.17, 15) is 13.2 Å². The van der Waals surface area contributed by atoms with Gasteiger partial charge in [-0.3, -0.25) is 0 Å². The molecule has 2 rings (SSSR count). The van der Waals surface area contributed by atoms with Crippen LogP contribution >= 0.6 is 0 Å². The molecule has 0 spiro atoms. The molecule has 0 aliphatic rings. The van der Waals surface area contributed by atoms with Gasteiger partial charge in [0.15, 0.2) is 0 Å². The number of ether oxygens (including phenoxy) is 1. The topological polar surface area (TPSA) is 84.9 Å². The molecule has 2 aromatic carbocycles. The summed E-state index contributed by atoms with van der Waals surface area (Å²) in [6.07, 6.45) is 0.791. The van der Waals surface area contributed by atoms with E-state index >= 15 is 0 Å². The fraction of sp³-hybridized carbons (Fsp3) is 0.435. The zero-order valence-corrected chi connectivity index (χ0v) is 19.8. The predicted octanol–water partition coefficient (Wildman–Crippen LogP) is 4.57. The van der Waals surface area contributed by atoms with Crippen molar-refractivity contribution >= 4 is 16.1 Å². The van der Waals surface area contributed by atoms with Crippen molar-refractivity contribution in [3.63, 3.8) is 0 Å². The lowest BCUT2D eigenvalue weighted by molar-refractivity contribution is 0.165. The first kappa shape index (κ1) is 24.5. The maximum atomic E-state index is 12.8. The van der Waals surface area contributed by atoms with Crippen LogP contribution < -0.4 is 14.2 Å². The Labute approximate surface area is 185 Å². The minimum atomic E-state index is -3.99. The molecule has 7 nitrogen and oxygen atoms in total. The maximum Gasteiger partial charge on any atom is 0.339 e. The second-order valence-corrected chi connectivity index (χ2v) is 9.97. The number of carbonyl (C=O) groups is 1. The Morgan fingerprint density at radius 2 is 1.74 bits per heavy atom. The molecular weight excluding hydrogens is 416 g/mol. The van der Waals surface area contributed by atoms with E-state index in [0.29, 0.717) is 12.3 Å². The average Bonchev–Trinajstić information content (AvgIpc) is 2.70. The van der Waals surface area contributed by atoms with Crippen LogP contribution in [-0.2, 0) is 16.7 Å². The van der Waals surface area contributed by atoms with Crippen molar-refractivity contribution in [3.8, 4) is 11.5 Å². The van der Waals surface area contributed by atoms with Crippen molar-refractivity contribution in [2.24, 2.45) is 0 Å². The summed E-state index contributed by atoms with van der Waals surface area (Å²) >= 11 is 0. The second kappa shape index (κ2) is 10.0. The van der Waals surface area contributed by atoms with E-state index < -0.39 is 10.1 Å². The van der Waals surface area contributed by atoms with Crippen molar-refractivity contribution < 1.29 is 22.1 Å². The van der Waals surface area contributed by atoms with E-state index in [1.165, 1.54) is 19.2 Å². The van der Waals surface area contributed by atoms with Crippen LogP contribution in [0.15, 0.2) is 53.4 Å². The molecule has 0 heterocycles. The van der Waals surface area contributed by atoms with Crippen LogP contribution in [0.5, 0.6) is 11.5 Å². The number of urea groups is 1. The lowest BCUT2D eigenvalue weighted by Crippen LogP contribution is -2.50. The standard InChI is InChI=1S/C23H32N2O5S/c1-7-17(2)25(22(26)24-23(3,4)5)16-18-9-8-10-20(15-18)30-31(27,28)21-13-11-19(29-6)12-14-21/h8-15,17H,7,16H2,1-6H3,(H,24,26). The van der Waals surface area contributed by atoms with Gasteiger partial charge in [-0.2, -0.15) is 8.42 Å². The summed E-state index contributed by atoms with van der Waals surface area (Å²) in [5.74, 6) is 0.744. The number of nitrogens with one attached hydrogen (secondary N) is 1. The average molecular weight is 449 g/mol. The molecule has 1 atom stereocenters. The first-order valence-corrected chi connectivity index (χ1v) is 11.6. The van der Waals surface area contributed by atoms with Gasteiger partial charge in [-0.05, 0) is 76.1 Å². The summed E-state index contributed by atoms with van der Waals surface area (Å²) in [5, 5.41) is 2.99. The molecule has 0 bridgehead atoms. The van der Waals surface area contributed by atoms with Crippen LogP contribution in [0.4, 0.5) is 4.79 Å². The molecule has 0 saturated carbocycles. The van der Waals surface area contributed by atoms with Gasteiger partial charge < -0.3 is 19.1 Å². The number of hydrogen-bond acceptors (Lipinski definition) is 5. The van der Waals surface area contributed by atoms with Gasteiger partial charge in [0.1, 0.15) is 16.4 Å². The highest BCUT2D eigenvalue weighted by atomic mass is 32.2. The van der Waals surface area contributed by atoms with Crippen molar-refractivity contribution in [3.05, 3.63) is 54.1 Å². The van der Waals surface area contributed by atoms with Crippen molar-refractivity contribution in [2.45, 2.75) is 64.1 Å². The Kier molecular flexibility index (Phi) is 7.95. The number of nitrogens with zero attached hydrogens (tertiary/aromatic N) is 1. The monoisotopic (exact) mass is 448 g/mol. The number of benzene rings is 2. The zero-order chi connectivity index (χ0) is 23.2. The zero-order valence-electron chi connectivity index (χ0n) is 19.0. The van der Waals surface area contributed by atoms with Gasteiger partial charge in [0.2, 0.25) is 0 Å². The van der Waals surface area contributed by atoms with E-state index in [4.69, 9.17) is 8.92 Å². The number of methoxy groups -OCH3 is 1. The molecule has 1 unspecified atom stereocenters. The van der Waals surface area contributed by atoms with Gasteiger partial charge in [-0.1, -0.05) is 19.1 Å². The van der Waals surface area contributed by atoms with Gasteiger partial charge in [0.05, 0.1) is 7.11 Å². The van der Waals surface area contributed by atoms with E-state index in [1.54, 1.807) is 35.2 Å². The summed E-state index contributed by atoms with van der Waals surface area (Å²) in [7, 11) is -2.48. The van der Waals surface area contributed by atoms with Gasteiger partial charge in [0.25, 0.3) is 0 Å². The Balaban J connectivity index is 2.21. The van der Waals surface area contributed by atoms with E-state index in [0.717, 1.165) is 12.0 Å². The van der Waals surface area contributed by atoms with E-state index in [2.05, 4.69) is 5.32 Å².